The van der Waals surface area contributed by atoms with Gasteiger partial charge in [-0.3, -0.25) is 0 Å². The van der Waals surface area contributed by atoms with Gasteiger partial charge in [0.25, 0.3) is 0 Å². The van der Waals surface area contributed by atoms with Gasteiger partial charge in [0.1, 0.15) is 6.10 Å². The Morgan fingerprint density at radius 2 is 2.13 bits per heavy atom. The van der Waals surface area contributed by atoms with Crippen LogP contribution in [-0.2, 0) is 4.74 Å². The summed E-state index contributed by atoms with van der Waals surface area (Å²) in [5.41, 5.74) is 4.33. The second-order valence-electron chi connectivity index (χ2n) is 7.42. The van der Waals surface area contributed by atoms with E-state index in [1.165, 1.54) is 36.0 Å². The molecule has 1 aromatic rings. The van der Waals surface area contributed by atoms with Gasteiger partial charge in [-0.05, 0) is 66.2 Å². The molecule has 1 aliphatic heterocycles. The van der Waals surface area contributed by atoms with Crippen LogP contribution in [0.25, 0.3) is 6.08 Å². The molecular weight excluding hydrogens is 280 g/mol. The van der Waals surface area contributed by atoms with Crippen molar-refractivity contribution in [3.05, 3.63) is 66.0 Å². The van der Waals surface area contributed by atoms with Gasteiger partial charge in [0.2, 0.25) is 0 Å². The first-order chi connectivity index (χ1) is 11.3. The predicted octanol–water partition coefficient (Wildman–Crippen LogP) is 5.71. The van der Waals surface area contributed by atoms with Crippen molar-refractivity contribution in [1.29, 1.82) is 0 Å². The van der Waals surface area contributed by atoms with Crippen molar-refractivity contribution in [2.24, 2.45) is 17.8 Å². The van der Waals surface area contributed by atoms with Crippen LogP contribution < -0.4 is 0 Å². The van der Waals surface area contributed by atoms with Crippen LogP contribution in [0.2, 0.25) is 0 Å². The van der Waals surface area contributed by atoms with Gasteiger partial charge in [-0.1, -0.05) is 43.3 Å². The zero-order chi connectivity index (χ0) is 15.8. The molecule has 0 amide bonds. The molecule has 0 aromatic heterocycles. The maximum Gasteiger partial charge on any atom is 0.123 e. The van der Waals surface area contributed by atoms with Gasteiger partial charge in [0.15, 0.2) is 0 Å². The van der Waals surface area contributed by atoms with E-state index >= 15 is 0 Å². The Bertz CT molecular complexity index is 650. The third-order valence-electron chi connectivity index (χ3n) is 5.84. The average molecular weight is 306 g/mol. The Labute approximate surface area is 139 Å². The Balaban J connectivity index is 1.62. The van der Waals surface area contributed by atoms with E-state index in [1.807, 2.05) is 0 Å². The van der Waals surface area contributed by atoms with E-state index < -0.39 is 0 Å². The van der Waals surface area contributed by atoms with Gasteiger partial charge in [-0.2, -0.15) is 0 Å². The standard InChI is InChI=1S/C22H26O/c1-3-6-18(17-9-10-17)21-14-23-22-12-11-16-7-4-5-8-19(16)20(22)13-15(21)2/h3-5,7-8,11-12,14-15,17-18,20,22H,1,6,9-10,13H2,2H3. The summed E-state index contributed by atoms with van der Waals surface area (Å²) in [5, 5.41) is 0. The fourth-order valence-corrected chi connectivity index (χ4v) is 4.43. The molecule has 4 unspecified atom stereocenters. The summed E-state index contributed by atoms with van der Waals surface area (Å²) in [5.74, 6) is 2.55. The molecule has 1 saturated carbocycles. The lowest BCUT2D eigenvalue weighted by Crippen LogP contribution is -2.22. The lowest BCUT2D eigenvalue weighted by molar-refractivity contribution is 0.158. The second kappa shape index (κ2) is 6.03. The molecule has 1 heterocycles. The van der Waals surface area contributed by atoms with Gasteiger partial charge in [0.05, 0.1) is 6.26 Å². The van der Waals surface area contributed by atoms with Crippen molar-refractivity contribution >= 4 is 6.08 Å². The molecule has 23 heavy (non-hydrogen) atoms. The number of ether oxygens (including phenoxy) is 1. The number of benzene rings is 1. The first-order valence-electron chi connectivity index (χ1n) is 9.01. The molecule has 0 saturated heterocycles. The molecule has 1 aromatic carbocycles. The van der Waals surface area contributed by atoms with Crippen LogP contribution >= 0.6 is 0 Å². The van der Waals surface area contributed by atoms with Crippen LogP contribution in [0.5, 0.6) is 0 Å². The monoisotopic (exact) mass is 306 g/mol. The van der Waals surface area contributed by atoms with Crippen molar-refractivity contribution < 1.29 is 4.74 Å². The van der Waals surface area contributed by atoms with Crippen LogP contribution in [0.3, 0.4) is 0 Å². The molecule has 1 heteroatoms. The Hall–Kier alpha value is -1.76. The number of hydrogen-bond acceptors (Lipinski definition) is 1. The van der Waals surface area contributed by atoms with Crippen molar-refractivity contribution in [3.63, 3.8) is 0 Å². The first kappa shape index (κ1) is 14.8. The molecule has 4 rings (SSSR count). The molecule has 3 aliphatic rings. The smallest absolute Gasteiger partial charge is 0.123 e. The predicted molar refractivity (Wildman–Crippen MR) is 96.0 cm³/mol. The van der Waals surface area contributed by atoms with Crippen LogP contribution in [0.15, 0.2) is 54.8 Å². The first-order valence-corrected chi connectivity index (χ1v) is 9.01. The highest BCUT2D eigenvalue weighted by Gasteiger charge is 2.38. The molecule has 0 spiro atoms. The Kier molecular flexibility index (Phi) is 3.88. The summed E-state index contributed by atoms with van der Waals surface area (Å²) >= 11 is 0. The van der Waals surface area contributed by atoms with Crippen LogP contribution in [0.4, 0.5) is 0 Å². The maximum absolute atomic E-state index is 6.27. The molecule has 0 radical (unpaired) electrons. The molecule has 1 nitrogen and oxygen atoms in total. The normalized spacial score (nSPS) is 30.3. The largest absolute Gasteiger partial charge is 0.493 e. The third-order valence-corrected chi connectivity index (χ3v) is 5.84. The van der Waals surface area contributed by atoms with Gasteiger partial charge in [0, 0.05) is 5.92 Å². The minimum atomic E-state index is 0.188. The Morgan fingerprint density at radius 1 is 1.30 bits per heavy atom. The zero-order valence-corrected chi connectivity index (χ0v) is 13.9. The van der Waals surface area contributed by atoms with E-state index in [0.29, 0.717) is 17.8 Å². The lowest BCUT2D eigenvalue weighted by Gasteiger charge is -2.29. The van der Waals surface area contributed by atoms with Crippen molar-refractivity contribution in [3.8, 4) is 0 Å². The van der Waals surface area contributed by atoms with E-state index in [0.717, 1.165) is 12.3 Å². The molecule has 1 fully saturated rings. The fourth-order valence-electron chi connectivity index (χ4n) is 4.43. The third kappa shape index (κ3) is 2.78. The Morgan fingerprint density at radius 3 is 2.91 bits per heavy atom. The minimum Gasteiger partial charge on any atom is -0.493 e. The lowest BCUT2D eigenvalue weighted by atomic mass is 9.76. The van der Waals surface area contributed by atoms with Crippen LogP contribution in [0, 0.1) is 17.8 Å². The van der Waals surface area contributed by atoms with E-state index in [1.54, 1.807) is 0 Å². The molecule has 2 aliphatic carbocycles. The summed E-state index contributed by atoms with van der Waals surface area (Å²) in [7, 11) is 0. The van der Waals surface area contributed by atoms with Crippen LogP contribution in [0.1, 0.15) is 49.7 Å². The minimum absolute atomic E-state index is 0.188. The highest BCUT2D eigenvalue weighted by Crippen LogP contribution is 2.48. The van der Waals surface area contributed by atoms with Crippen molar-refractivity contribution in [2.45, 2.75) is 44.6 Å². The number of hydrogen-bond donors (Lipinski definition) is 0. The van der Waals surface area contributed by atoms with Crippen molar-refractivity contribution in [1.82, 2.24) is 0 Å². The summed E-state index contributed by atoms with van der Waals surface area (Å²) in [4.78, 5) is 0. The fraction of sp³-hybridized carbons (Fsp3) is 0.455. The number of rotatable bonds is 4. The average Bonchev–Trinajstić information content (AvgIpc) is 3.40. The van der Waals surface area contributed by atoms with E-state index in [-0.39, 0.29) is 6.10 Å². The van der Waals surface area contributed by atoms with Gasteiger partial charge in [-0.25, -0.2) is 0 Å². The number of allylic oxidation sites excluding steroid dienone is 2. The summed E-state index contributed by atoms with van der Waals surface area (Å²) in [6.07, 6.45) is 13.9. The quantitative estimate of drug-likeness (QED) is 0.648. The zero-order valence-electron chi connectivity index (χ0n) is 13.9. The van der Waals surface area contributed by atoms with Gasteiger partial charge < -0.3 is 4.74 Å². The molecule has 0 N–H and O–H groups in total. The number of fused-ring (bicyclic) bond motifs is 3. The van der Waals surface area contributed by atoms with Gasteiger partial charge in [-0.15, -0.1) is 6.58 Å². The molecule has 0 bridgehead atoms. The van der Waals surface area contributed by atoms with E-state index in [2.05, 4.69) is 62.3 Å². The molecular formula is C22H26O. The highest BCUT2D eigenvalue weighted by molar-refractivity contribution is 5.59. The van der Waals surface area contributed by atoms with E-state index in [4.69, 9.17) is 4.74 Å². The molecule has 120 valence electrons. The van der Waals surface area contributed by atoms with Crippen molar-refractivity contribution in [2.75, 3.05) is 0 Å². The van der Waals surface area contributed by atoms with E-state index in [9.17, 15) is 0 Å². The summed E-state index contributed by atoms with van der Waals surface area (Å²) in [6, 6.07) is 8.78. The summed E-state index contributed by atoms with van der Waals surface area (Å²) < 4.78 is 6.27. The molecule has 4 atom stereocenters. The second-order valence-corrected chi connectivity index (χ2v) is 7.42. The van der Waals surface area contributed by atoms with Gasteiger partial charge >= 0.3 is 0 Å². The maximum atomic E-state index is 6.27. The highest BCUT2D eigenvalue weighted by atomic mass is 16.5. The topological polar surface area (TPSA) is 9.23 Å². The van der Waals surface area contributed by atoms with Crippen LogP contribution in [-0.4, -0.2) is 6.10 Å². The SMILES string of the molecule is C=CCC(C1=COC2C=Cc3ccccc3C2CC1C)C1CC1. The summed E-state index contributed by atoms with van der Waals surface area (Å²) in [6.45, 7) is 6.36.